The van der Waals surface area contributed by atoms with E-state index in [1.165, 1.54) is 0 Å². The van der Waals surface area contributed by atoms with Crippen molar-refractivity contribution >= 4 is 17.5 Å². The summed E-state index contributed by atoms with van der Waals surface area (Å²) in [6.07, 6.45) is 0. The molecule has 0 spiro atoms. The molecule has 0 bridgehead atoms. The van der Waals surface area contributed by atoms with Crippen LogP contribution in [-0.4, -0.2) is 19.6 Å². The molecule has 0 aliphatic rings. The summed E-state index contributed by atoms with van der Waals surface area (Å²) in [6.45, 7) is 0.162. The zero-order valence-corrected chi connectivity index (χ0v) is 11.6. The van der Waals surface area contributed by atoms with Crippen LogP contribution in [0.2, 0.25) is 5.22 Å². The number of benzene rings is 1. The first-order valence-electron chi connectivity index (χ1n) is 5.96. The van der Waals surface area contributed by atoms with Crippen molar-refractivity contribution < 1.29 is 18.7 Å². The number of hydrogen-bond donors (Lipinski definition) is 1. The van der Waals surface area contributed by atoms with Gasteiger partial charge in [-0.05, 0) is 35.9 Å². The molecule has 1 aromatic carbocycles. The molecule has 2 rings (SSSR count). The Labute approximate surface area is 121 Å². The molecular formula is C14H14ClNO4. The van der Waals surface area contributed by atoms with Crippen molar-refractivity contribution in [3.05, 3.63) is 47.4 Å². The number of methoxy groups -OCH3 is 1. The van der Waals surface area contributed by atoms with Crippen molar-refractivity contribution in [3.8, 4) is 11.5 Å². The molecule has 0 saturated heterocycles. The van der Waals surface area contributed by atoms with Gasteiger partial charge in [0.25, 0.3) is 5.91 Å². The molecule has 1 N–H and O–H groups in total. The number of rotatable bonds is 6. The van der Waals surface area contributed by atoms with Gasteiger partial charge in [0.1, 0.15) is 5.76 Å². The van der Waals surface area contributed by atoms with Crippen LogP contribution in [0.15, 0.2) is 40.8 Å². The van der Waals surface area contributed by atoms with Crippen molar-refractivity contribution in [2.24, 2.45) is 0 Å². The van der Waals surface area contributed by atoms with E-state index >= 15 is 0 Å². The van der Waals surface area contributed by atoms with Crippen molar-refractivity contribution in [1.29, 1.82) is 0 Å². The number of carbonyl (C=O) groups excluding carboxylic acids is 1. The topological polar surface area (TPSA) is 60.7 Å². The van der Waals surface area contributed by atoms with Gasteiger partial charge in [0, 0.05) is 0 Å². The van der Waals surface area contributed by atoms with E-state index in [1.807, 2.05) is 6.07 Å². The summed E-state index contributed by atoms with van der Waals surface area (Å²) in [6, 6.07) is 10.4. The van der Waals surface area contributed by atoms with Gasteiger partial charge in [0.05, 0.1) is 13.7 Å². The van der Waals surface area contributed by atoms with Crippen molar-refractivity contribution in [1.82, 2.24) is 5.32 Å². The molecule has 20 heavy (non-hydrogen) atoms. The third-order valence-electron chi connectivity index (χ3n) is 2.52. The summed E-state index contributed by atoms with van der Waals surface area (Å²) >= 11 is 5.63. The number of hydrogen-bond acceptors (Lipinski definition) is 4. The molecule has 0 atom stereocenters. The Hall–Kier alpha value is -2.14. The molecule has 0 saturated carbocycles. The Balaban J connectivity index is 1.80. The van der Waals surface area contributed by atoms with Gasteiger partial charge < -0.3 is 19.2 Å². The predicted octanol–water partition coefficient (Wildman–Crippen LogP) is 2.64. The highest BCUT2D eigenvalue weighted by atomic mass is 35.5. The molecule has 0 radical (unpaired) electrons. The van der Waals surface area contributed by atoms with Crippen LogP contribution >= 0.6 is 11.6 Å². The number of amides is 1. The number of ether oxygens (including phenoxy) is 2. The van der Waals surface area contributed by atoms with Crippen LogP contribution in [0, 0.1) is 0 Å². The van der Waals surface area contributed by atoms with Crippen LogP contribution in [0.3, 0.4) is 0 Å². The SMILES string of the molecule is COc1ccccc1OCC(=O)NCc1ccc(Cl)o1. The standard InChI is InChI=1S/C14H14ClNO4/c1-18-11-4-2-3-5-12(11)19-9-14(17)16-8-10-6-7-13(15)20-10/h2-7H,8-9H2,1H3,(H,16,17). The summed E-state index contributed by atoms with van der Waals surface area (Å²) in [5.74, 6) is 1.42. The Morgan fingerprint density at radius 2 is 2.00 bits per heavy atom. The smallest absolute Gasteiger partial charge is 0.258 e. The third kappa shape index (κ3) is 3.93. The third-order valence-corrected chi connectivity index (χ3v) is 2.72. The second kappa shape index (κ2) is 6.86. The van der Waals surface area contributed by atoms with Crippen LogP contribution in [0.1, 0.15) is 5.76 Å². The van der Waals surface area contributed by atoms with Crippen molar-refractivity contribution in [2.75, 3.05) is 13.7 Å². The maximum absolute atomic E-state index is 11.6. The van der Waals surface area contributed by atoms with Crippen LogP contribution in [0.25, 0.3) is 0 Å². The van der Waals surface area contributed by atoms with Gasteiger partial charge in [-0.1, -0.05) is 12.1 Å². The first-order valence-corrected chi connectivity index (χ1v) is 6.33. The number of halogens is 1. The highest BCUT2D eigenvalue weighted by Crippen LogP contribution is 2.25. The van der Waals surface area contributed by atoms with Gasteiger partial charge >= 0.3 is 0 Å². The van der Waals surface area contributed by atoms with Gasteiger partial charge in [-0.25, -0.2) is 0 Å². The largest absolute Gasteiger partial charge is 0.493 e. The molecule has 6 heteroatoms. The average molecular weight is 296 g/mol. The van der Waals surface area contributed by atoms with Crippen LogP contribution < -0.4 is 14.8 Å². The highest BCUT2D eigenvalue weighted by molar-refractivity contribution is 6.28. The summed E-state index contributed by atoms with van der Waals surface area (Å²) in [5.41, 5.74) is 0. The van der Waals surface area contributed by atoms with E-state index in [0.717, 1.165) is 0 Å². The van der Waals surface area contributed by atoms with Crippen LogP contribution in [0.5, 0.6) is 11.5 Å². The molecule has 2 aromatic rings. The maximum atomic E-state index is 11.6. The number of furan rings is 1. The number of para-hydroxylation sites is 2. The lowest BCUT2D eigenvalue weighted by Gasteiger charge is -2.10. The fraction of sp³-hybridized carbons (Fsp3) is 0.214. The lowest BCUT2D eigenvalue weighted by molar-refractivity contribution is -0.123. The van der Waals surface area contributed by atoms with Gasteiger partial charge in [0.15, 0.2) is 23.3 Å². The Morgan fingerprint density at radius 3 is 2.65 bits per heavy atom. The molecular weight excluding hydrogens is 282 g/mol. The molecule has 0 aliphatic carbocycles. The molecule has 5 nitrogen and oxygen atoms in total. The summed E-state index contributed by atoms with van der Waals surface area (Å²) in [5, 5.41) is 2.95. The second-order valence-corrected chi connectivity index (χ2v) is 4.29. The van der Waals surface area contributed by atoms with E-state index in [1.54, 1.807) is 37.4 Å². The average Bonchev–Trinajstić information content (AvgIpc) is 2.89. The number of carbonyl (C=O) groups is 1. The van der Waals surface area contributed by atoms with E-state index in [-0.39, 0.29) is 19.1 Å². The first kappa shape index (κ1) is 14.3. The van der Waals surface area contributed by atoms with Crippen LogP contribution in [-0.2, 0) is 11.3 Å². The molecule has 0 fully saturated rings. The summed E-state index contributed by atoms with van der Waals surface area (Å²) in [7, 11) is 1.54. The van der Waals surface area contributed by atoms with E-state index in [9.17, 15) is 4.79 Å². The van der Waals surface area contributed by atoms with Crippen LogP contribution in [0.4, 0.5) is 0 Å². The Bertz CT molecular complexity index is 582. The van der Waals surface area contributed by atoms with Gasteiger partial charge in [-0.2, -0.15) is 0 Å². The summed E-state index contributed by atoms with van der Waals surface area (Å²) in [4.78, 5) is 11.6. The quantitative estimate of drug-likeness (QED) is 0.890. The van der Waals surface area contributed by atoms with E-state index in [2.05, 4.69) is 5.32 Å². The molecule has 1 amide bonds. The van der Waals surface area contributed by atoms with Gasteiger partial charge in [-0.3, -0.25) is 4.79 Å². The highest BCUT2D eigenvalue weighted by Gasteiger charge is 2.07. The minimum absolute atomic E-state index is 0.102. The molecule has 1 aromatic heterocycles. The van der Waals surface area contributed by atoms with E-state index < -0.39 is 0 Å². The normalized spacial score (nSPS) is 10.1. The molecule has 106 valence electrons. The van der Waals surface area contributed by atoms with Crippen molar-refractivity contribution in [2.45, 2.75) is 6.54 Å². The predicted molar refractivity (Wildman–Crippen MR) is 74.1 cm³/mol. The number of nitrogens with one attached hydrogen (secondary N) is 1. The van der Waals surface area contributed by atoms with E-state index in [0.29, 0.717) is 22.5 Å². The van der Waals surface area contributed by atoms with E-state index in [4.69, 9.17) is 25.5 Å². The molecule has 0 aliphatic heterocycles. The zero-order valence-electron chi connectivity index (χ0n) is 10.9. The fourth-order valence-electron chi connectivity index (χ4n) is 1.56. The molecule has 0 unspecified atom stereocenters. The van der Waals surface area contributed by atoms with Gasteiger partial charge in [0.2, 0.25) is 0 Å². The van der Waals surface area contributed by atoms with Gasteiger partial charge in [-0.15, -0.1) is 0 Å². The Morgan fingerprint density at radius 1 is 1.25 bits per heavy atom. The minimum Gasteiger partial charge on any atom is -0.493 e. The Kier molecular flexibility index (Phi) is 4.90. The lowest BCUT2D eigenvalue weighted by Crippen LogP contribution is -2.28. The minimum atomic E-state index is -0.261. The lowest BCUT2D eigenvalue weighted by atomic mass is 10.3. The van der Waals surface area contributed by atoms with Crippen molar-refractivity contribution in [3.63, 3.8) is 0 Å². The maximum Gasteiger partial charge on any atom is 0.258 e. The molecule has 1 heterocycles. The fourth-order valence-corrected chi connectivity index (χ4v) is 1.73. The summed E-state index contributed by atoms with van der Waals surface area (Å²) < 4.78 is 15.6. The zero-order chi connectivity index (χ0) is 14.4. The monoisotopic (exact) mass is 295 g/mol. The first-order chi connectivity index (χ1) is 9.69. The second-order valence-electron chi connectivity index (χ2n) is 3.92.